The van der Waals surface area contributed by atoms with E-state index in [1.54, 1.807) is 10.9 Å². The van der Waals surface area contributed by atoms with Gasteiger partial charge >= 0.3 is 17.1 Å². The number of hydrogen-bond acceptors (Lipinski definition) is 9. The molecule has 0 unspecified atom stereocenters. The van der Waals surface area contributed by atoms with E-state index in [4.69, 9.17) is 28.5 Å². The smallest absolute Gasteiger partial charge is 0.371 e. The van der Waals surface area contributed by atoms with Crippen LogP contribution in [0, 0.1) is 0 Å². The van der Waals surface area contributed by atoms with Gasteiger partial charge in [-0.2, -0.15) is 0 Å². The van der Waals surface area contributed by atoms with Gasteiger partial charge in [-0.1, -0.05) is 55.4 Å². The van der Waals surface area contributed by atoms with Crippen LogP contribution in [0.5, 0.6) is 0 Å². The lowest BCUT2D eigenvalue weighted by molar-refractivity contribution is -0.246. The number of aromatic nitrogens is 4. The van der Waals surface area contributed by atoms with Gasteiger partial charge < -0.3 is 19.0 Å². The van der Waals surface area contributed by atoms with Gasteiger partial charge in [-0.15, -0.1) is 0 Å². The first kappa shape index (κ1) is 25.3. The maximum Gasteiger partial charge on any atom is 0.371 e. The number of ether oxygens (including phenoxy) is 1. The predicted molar refractivity (Wildman–Crippen MR) is 134 cm³/mol. The Morgan fingerprint density at radius 1 is 0.941 bits per heavy atom. The first-order chi connectivity index (χ1) is 16.0. The molecule has 1 saturated heterocycles. The number of nitrogen functional groups attached to an aromatic ring is 1. The fourth-order valence-electron chi connectivity index (χ4n) is 4.86. The monoisotopic (exact) mass is 507 g/mol. The summed E-state index contributed by atoms with van der Waals surface area (Å²) in [6.45, 7) is 17.6. The SMILES string of the molecule is CC(C)[Si]1(C(C)C)OOC[C@H]2OC(n3cnc4c(N)ncnc43)=C[C@@H]2O[Si](C(C)C)(C(C)C)O1. The lowest BCUT2D eigenvalue weighted by Gasteiger charge is -2.47. The molecule has 4 heterocycles. The van der Waals surface area contributed by atoms with Crippen LogP contribution in [0.2, 0.25) is 22.2 Å². The van der Waals surface area contributed by atoms with Crippen molar-refractivity contribution >= 4 is 40.0 Å². The molecular formula is C22H37N5O5Si2. The zero-order valence-electron chi connectivity index (χ0n) is 21.3. The second kappa shape index (κ2) is 9.32. The van der Waals surface area contributed by atoms with Crippen molar-refractivity contribution in [2.75, 3.05) is 12.3 Å². The molecule has 10 nitrogen and oxygen atoms in total. The Balaban J connectivity index is 1.76. The Morgan fingerprint density at radius 3 is 2.21 bits per heavy atom. The molecule has 2 atom stereocenters. The van der Waals surface area contributed by atoms with E-state index < -0.39 is 23.2 Å². The first-order valence-corrected chi connectivity index (χ1v) is 16.0. The van der Waals surface area contributed by atoms with Crippen LogP contribution in [0.25, 0.3) is 17.0 Å². The maximum absolute atomic E-state index is 7.18. The molecule has 4 rings (SSSR count). The average Bonchev–Trinajstić information content (AvgIpc) is 3.36. The highest BCUT2D eigenvalue weighted by atomic mass is 28.5. The molecule has 0 radical (unpaired) electrons. The predicted octanol–water partition coefficient (Wildman–Crippen LogP) is 4.49. The van der Waals surface area contributed by atoms with Crippen LogP contribution in [0.4, 0.5) is 5.82 Å². The summed E-state index contributed by atoms with van der Waals surface area (Å²) < 4.78 is 28.5. The van der Waals surface area contributed by atoms with Crippen molar-refractivity contribution < 1.29 is 22.7 Å². The molecule has 0 spiro atoms. The molecule has 12 heteroatoms. The minimum Gasteiger partial charge on any atom is -0.470 e. The molecule has 188 valence electrons. The lowest BCUT2D eigenvalue weighted by atomic mass is 10.2. The van der Waals surface area contributed by atoms with Crippen molar-refractivity contribution in [3.8, 4) is 0 Å². The summed E-state index contributed by atoms with van der Waals surface area (Å²) in [5.74, 6) is 0.882. The third-order valence-electron chi connectivity index (χ3n) is 6.82. The highest BCUT2D eigenvalue weighted by molar-refractivity contribution is 6.83. The normalized spacial score (nSPS) is 24.8. The van der Waals surface area contributed by atoms with Crippen LogP contribution >= 0.6 is 0 Å². The molecule has 0 aromatic carbocycles. The van der Waals surface area contributed by atoms with E-state index in [2.05, 4.69) is 70.3 Å². The van der Waals surface area contributed by atoms with Gasteiger partial charge in [-0.3, -0.25) is 9.14 Å². The molecule has 2 aromatic heterocycles. The number of nitrogens with two attached hydrogens (primary N) is 1. The fourth-order valence-corrected chi connectivity index (χ4v) is 15.5. The molecule has 2 aliphatic rings. The average molecular weight is 508 g/mol. The summed E-state index contributed by atoms with van der Waals surface area (Å²) in [7, 11) is -5.60. The number of nitrogens with zero attached hydrogens (tertiary/aromatic N) is 4. The Morgan fingerprint density at radius 2 is 1.59 bits per heavy atom. The Kier molecular flexibility index (Phi) is 6.92. The van der Waals surface area contributed by atoms with Gasteiger partial charge in [0.05, 0.1) is 0 Å². The van der Waals surface area contributed by atoms with Crippen molar-refractivity contribution in [1.82, 2.24) is 19.5 Å². The van der Waals surface area contributed by atoms with Crippen LogP contribution < -0.4 is 5.73 Å². The fraction of sp³-hybridized carbons (Fsp3) is 0.682. The van der Waals surface area contributed by atoms with Gasteiger partial charge in [-0.05, 0) is 22.2 Å². The lowest BCUT2D eigenvalue weighted by Crippen LogP contribution is -2.61. The first-order valence-electron chi connectivity index (χ1n) is 12.0. The molecular weight excluding hydrogens is 470 g/mol. The molecule has 0 aliphatic carbocycles. The van der Waals surface area contributed by atoms with E-state index >= 15 is 0 Å². The van der Waals surface area contributed by atoms with Gasteiger partial charge in [0.1, 0.15) is 25.4 Å². The van der Waals surface area contributed by atoms with E-state index in [0.29, 0.717) is 22.9 Å². The summed E-state index contributed by atoms with van der Waals surface area (Å²) in [6.07, 6.45) is 4.24. The standard InChI is InChI=1S/C22H37N5O5Si2/c1-13(2)33(14(3)4)30-17-9-19(27-12-26-20-21(23)24-11-25-22(20)27)29-18(17)10-28-31-34(32-33,15(5)6)16(7)8/h9,11-18H,10H2,1-8H3,(H2,23,24,25)/t17-,18+/m0/s1. The molecule has 2 aliphatic heterocycles. The quantitative estimate of drug-likeness (QED) is 0.461. The van der Waals surface area contributed by atoms with E-state index in [9.17, 15) is 0 Å². The summed E-state index contributed by atoms with van der Waals surface area (Å²) >= 11 is 0. The van der Waals surface area contributed by atoms with Gasteiger partial charge in [0, 0.05) is 6.08 Å². The van der Waals surface area contributed by atoms with Crippen LogP contribution in [-0.2, 0) is 22.7 Å². The van der Waals surface area contributed by atoms with Crippen molar-refractivity contribution in [3.05, 3.63) is 18.7 Å². The highest BCUT2D eigenvalue weighted by Gasteiger charge is 2.59. The highest BCUT2D eigenvalue weighted by Crippen LogP contribution is 2.46. The maximum atomic E-state index is 7.18. The van der Waals surface area contributed by atoms with E-state index in [0.717, 1.165) is 0 Å². The van der Waals surface area contributed by atoms with Gasteiger partial charge in [-0.25, -0.2) is 19.8 Å². The number of anilines is 1. The number of imidazole rings is 1. The van der Waals surface area contributed by atoms with Crippen LogP contribution in [0.15, 0.2) is 18.7 Å². The van der Waals surface area contributed by atoms with Crippen molar-refractivity contribution in [1.29, 1.82) is 0 Å². The Bertz CT molecular complexity index is 1040. The largest absolute Gasteiger partial charge is 0.470 e. The number of rotatable bonds is 5. The zero-order valence-corrected chi connectivity index (χ0v) is 23.3. The topological polar surface area (TPSA) is 116 Å². The van der Waals surface area contributed by atoms with Crippen LogP contribution in [0.1, 0.15) is 55.4 Å². The van der Waals surface area contributed by atoms with Gasteiger partial charge in [0.15, 0.2) is 29.0 Å². The van der Waals surface area contributed by atoms with Crippen molar-refractivity contribution in [2.24, 2.45) is 0 Å². The van der Waals surface area contributed by atoms with Crippen LogP contribution in [0.3, 0.4) is 0 Å². The summed E-state index contributed by atoms with van der Waals surface area (Å²) in [5.41, 5.74) is 7.82. The second-order valence-electron chi connectivity index (χ2n) is 10.3. The summed E-state index contributed by atoms with van der Waals surface area (Å²) in [5, 5.41) is 0. The van der Waals surface area contributed by atoms with Crippen LogP contribution in [-0.4, -0.2) is 55.5 Å². The molecule has 0 saturated carbocycles. The Labute approximate surface area is 203 Å². The van der Waals surface area contributed by atoms with E-state index in [-0.39, 0.29) is 34.9 Å². The molecule has 2 aromatic rings. The molecule has 34 heavy (non-hydrogen) atoms. The third kappa shape index (κ3) is 4.09. The minimum absolute atomic E-state index is 0.188. The third-order valence-corrected chi connectivity index (χ3v) is 16.8. The number of fused-ring (bicyclic) bond motifs is 2. The van der Waals surface area contributed by atoms with Gasteiger partial charge in [0.2, 0.25) is 0 Å². The van der Waals surface area contributed by atoms with E-state index in [1.807, 2.05) is 6.08 Å². The summed E-state index contributed by atoms with van der Waals surface area (Å²) in [6, 6.07) is 0. The second-order valence-corrected chi connectivity index (χ2v) is 19.0. The summed E-state index contributed by atoms with van der Waals surface area (Å²) in [4.78, 5) is 18.6. The molecule has 1 fully saturated rings. The van der Waals surface area contributed by atoms with Crippen molar-refractivity contribution in [3.63, 3.8) is 0 Å². The minimum atomic E-state index is -2.81. The molecule has 2 N–H and O–H groups in total. The zero-order chi connectivity index (χ0) is 24.8. The van der Waals surface area contributed by atoms with Gasteiger partial charge in [0.25, 0.3) is 0 Å². The number of hydrogen-bond donors (Lipinski definition) is 1. The van der Waals surface area contributed by atoms with Crippen molar-refractivity contribution in [2.45, 2.75) is 89.8 Å². The van der Waals surface area contributed by atoms with E-state index in [1.165, 1.54) is 6.33 Å². The molecule has 0 bridgehead atoms. The Hall–Kier alpha value is -1.84. The molecule has 0 amide bonds.